The number of ether oxygens (including phenoxy) is 1. The van der Waals surface area contributed by atoms with Gasteiger partial charge in [0, 0.05) is 13.3 Å². The van der Waals surface area contributed by atoms with Crippen molar-refractivity contribution in [1.29, 1.82) is 0 Å². The van der Waals surface area contributed by atoms with E-state index in [0.29, 0.717) is 6.42 Å². The van der Waals surface area contributed by atoms with Gasteiger partial charge in [-0.3, -0.25) is 4.79 Å². The lowest BCUT2D eigenvalue weighted by Gasteiger charge is -1.99. The van der Waals surface area contributed by atoms with Crippen LogP contribution in [0.15, 0.2) is 6.20 Å². The summed E-state index contributed by atoms with van der Waals surface area (Å²) in [6, 6.07) is 0. The van der Waals surface area contributed by atoms with Crippen molar-refractivity contribution in [3.63, 3.8) is 0 Å². The number of aromatic nitrogens is 2. The Bertz CT molecular complexity index is 361. The number of carbonyl (C=O) groups is 1. The van der Waals surface area contributed by atoms with Gasteiger partial charge in [0.25, 0.3) is 5.82 Å². The molecule has 0 aromatic carbocycles. The molecule has 0 amide bonds. The molecule has 0 fully saturated rings. The molecule has 4 nitrogen and oxygen atoms in total. The van der Waals surface area contributed by atoms with Crippen LogP contribution >= 0.6 is 0 Å². The molecule has 0 aliphatic carbocycles. The minimum absolute atomic E-state index is 0. The zero-order chi connectivity index (χ0) is 11.4. The minimum atomic E-state index is -0.154. The predicted molar refractivity (Wildman–Crippen MR) is 56.4 cm³/mol. The van der Waals surface area contributed by atoms with Gasteiger partial charge in [-0.1, -0.05) is 0 Å². The van der Waals surface area contributed by atoms with Crippen molar-refractivity contribution in [3.05, 3.63) is 17.7 Å². The second kappa shape index (κ2) is 6.68. The molecule has 0 aliphatic heterocycles. The van der Waals surface area contributed by atoms with Crippen LogP contribution in [0.25, 0.3) is 0 Å². The Hall–Kier alpha value is -0.840. The van der Waals surface area contributed by atoms with Gasteiger partial charge in [-0.2, -0.15) is 0 Å². The molecule has 5 heteroatoms. The van der Waals surface area contributed by atoms with Crippen molar-refractivity contribution < 1.29 is 31.1 Å². The summed E-state index contributed by atoms with van der Waals surface area (Å²) in [5, 5.41) is 0. The highest BCUT2D eigenvalue weighted by Crippen LogP contribution is 2.06. The lowest BCUT2D eigenvalue weighted by molar-refractivity contribution is -0.677. The smallest absolute Gasteiger partial charge is 0.305 e. The third-order valence-corrected chi connectivity index (χ3v) is 2.72. The molecule has 0 bridgehead atoms. The summed E-state index contributed by atoms with van der Waals surface area (Å²) in [4.78, 5) is 11.0. The van der Waals surface area contributed by atoms with Gasteiger partial charge < -0.3 is 21.7 Å². The number of rotatable bonds is 4. The van der Waals surface area contributed by atoms with Gasteiger partial charge in [0.2, 0.25) is 0 Å². The van der Waals surface area contributed by atoms with Crippen molar-refractivity contribution in [2.24, 2.45) is 7.05 Å². The summed E-state index contributed by atoms with van der Waals surface area (Å²) in [6.07, 6.45) is 3.25. The highest BCUT2D eigenvalue weighted by Gasteiger charge is 2.16. The van der Waals surface area contributed by atoms with E-state index in [9.17, 15) is 4.79 Å². The zero-order valence-electron chi connectivity index (χ0n) is 10.3. The Morgan fingerprint density at radius 3 is 2.69 bits per heavy atom. The molecule has 0 saturated carbocycles. The Morgan fingerprint density at radius 2 is 2.19 bits per heavy atom. The minimum Gasteiger partial charge on any atom is -1.00 e. The van der Waals surface area contributed by atoms with E-state index in [2.05, 4.69) is 33.9 Å². The first-order valence-electron chi connectivity index (χ1n) is 5.21. The molecular weight excluding hydrogens is 272 g/mol. The van der Waals surface area contributed by atoms with Crippen molar-refractivity contribution in [3.8, 4) is 0 Å². The maximum absolute atomic E-state index is 11.0. The maximum Gasteiger partial charge on any atom is 0.305 e. The van der Waals surface area contributed by atoms with Gasteiger partial charge in [0.15, 0.2) is 0 Å². The van der Waals surface area contributed by atoms with Gasteiger partial charge in [-0.05, 0) is 6.92 Å². The summed E-state index contributed by atoms with van der Waals surface area (Å²) in [5.41, 5.74) is 1.18. The van der Waals surface area contributed by atoms with E-state index in [-0.39, 0.29) is 23.0 Å². The van der Waals surface area contributed by atoms with E-state index in [1.807, 2.05) is 7.05 Å². The number of imidazole rings is 1. The molecule has 0 spiro atoms. The monoisotopic (exact) mass is 290 g/mol. The van der Waals surface area contributed by atoms with Crippen molar-refractivity contribution in [2.75, 3.05) is 7.11 Å². The normalized spacial score (nSPS) is 9.75. The molecule has 0 unspecified atom stereocenters. The fraction of sp³-hybridized carbons (Fsp3) is 0.636. The molecule has 1 heterocycles. The van der Waals surface area contributed by atoms with Crippen LogP contribution < -0.4 is 21.5 Å². The third-order valence-electron chi connectivity index (χ3n) is 2.72. The standard InChI is InChI=1S/C11H19N2O2.BrH/c1-5-13-9(2)12(3)8-10(13)6-7-11(14)15-4;/h8H,5-7H2,1-4H3;1H/q+1;/p-1. The van der Waals surface area contributed by atoms with Crippen molar-refractivity contribution in [2.45, 2.75) is 33.2 Å². The van der Waals surface area contributed by atoms with E-state index >= 15 is 0 Å². The van der Waals surface area contributed by atoms with E-state index in [4.69, 9.17) is 0 Å². The lowest BCUT2D eigenvalue weighted by Crippen LogP contribution is -3.00. The quantitative estimate of drug-likeness (QED) is 0.464. The topological polar surface area (TPSA) is 35.1 Å². The first-order valence-corrected chi connectivity index (χ1v) is 5.21. The lowest BCUT2D eigenvalue weighted by atomic mass is 10.2. The Kier molecular flexibility index (Phi) is 6.33. The third kappa shape index (κ3) is 3.33. The second-order valence-electron chi connectivity index (χ2n) is 3.60. The largest absolute Gasteiger partial charge is 1.00 e. The molecule has 1 aromatic heterocycles. The Morgan fingerprint density at radius 1 is 1.56 bits per heavy atom. The first-order chi connectivity index (χ1) is 7.10. The summed E-state index contributed by atoms with van der Waals surface area (Å²) in [7, 11) is 3.44. The number of hydrogen-bond acceptors (Lipinski definition) is 2. The molecular formula is C11H19BrN2O2. The number of nitrogens with zero attached hydrogens (tertiary/aromatic N) is 2. The molecule has 1 rings (SSSR count). The summed E-state index contributed by atoms with van der Waals surface area (Å²) in [5.74, 6) is 1.05. The predicted octanol–water partition coefficient (Wildman–Crippen LogP) is -2.25. The SMILES string of the molecule is CCn1c(CCC(=O)OC)c[n+](C)c1C.[Br-]. The molecule has 16 heavy (non-hydrogen) atoms. The van der Waals surface area contributed by atoms with Crippen LogP contribution in [0.4, 0.5) is 0 Å². The Labute approximate surface area is 107 Å². The van der Waals surface area contributed by atoms with Crippen LogP contribution in [0.1, 0.15) is 24.9 Å². The van der Waals surface area contributed by atoms with Gasteiger partial charge in [0.1, 0.15) is 11.9 Å². The maximum atomic E-state index is 11.0. The number of aryl methyl sites for hydroxylation is 2. The van der Waals surface area contributed by atoms with Gasteiger partial charge in [0.05, 0.1) is 27.1 Å². The average molecular weight is 291 g/mol. The van der Waals surface area contributed by atoms with Crippen LogP contribution in [0, 0.1) is 6.92 Å². The second-order valence-corrected chi connectivity index (χ2v) is 3.60. The number of hydrogen-bond donors (Lipinski definition) is 0. The average Bonchev–Trinajstić information content (AvgIpc) is 2.51. The fourth-order valence-corrected chi connectivity index (χ4v) is 1.75. The summed E-state index contributed by atoms with van der Waals surface area (Å²) < 4.78 is 8.92. The van der Waals surface area contributed by atoms with Crippen LogP contribution in [-0.2, 0) is 29.5 Å². The van der Waals surface area contributed by atoms with Gasteiger partial charge >= 0.3 is 5.97 Å². The van der Waals surface area contributed by atoms with Crippen LogP contribution in [0.5, 0.6) is 0 Å². The number of methoxy groups -OCH3 is 1. The summed E-state index contributed by atoms with van der Waals surface area (Å²) in [6.45, 7) is 5.11. The van der Waals surface area contributed by atoms with E-state index in [1.54, 1.807) is 0 Å². The summed E-state index contributed by atoms with van der Waals surface area (Å²) >= 11 is 0. The highest BCUT2D eigenvalue weighted by atomic mass is 79.9. The molecule has 0 saturated heterocycles. The van der Waals surface area contributed by atoms with Crippen molar-refractivity contribution in [1.82, 2.24) is 4.57 Å². The number of carbonyl (C=O) groups excluding carboxylic acids is 1. The van der Waals surface area contributed by atoms with E-state index in [0.717, 1.165) is 13.0 Å². The molecule has 92 valence electrons. The van der Waals surface area contributed by atoms with Crippen LogP contribution in [-0.4, -0.2) is 17.6 Å². The van der Waals surface area contributed by atoms with Crippen LogP contribution in [0.3, 0.4) is 0 Å². The zero-order valence-corrected chi connectivity index (χ0v) is 11.9. The van der Waals surface area contributed by atoms with E-state index in [1.165, 1.54) is 18.6 Å². The van der Waals surface area contributed by atoms with Crippen LogP contribution in [0.2, 0.25) is 0 Å². The molecule has 0 aliphatic rings. The molecule has 0 radical (unpaired) electrons. The van der Waals surface area contributed by atoms with Gasteiger partial charge in [-0.15, -0.1) is 0 Å². The first kappa shape index (κ1) is 15.2. The Balaban J connectivity index is 0.00000225. The molecule has 0 atom stereocenters. The van der Waals surface area contributed by atoms with Crippen molar-refractivity contribution >= 4 is 5.97 Å². The fourth-order valence-electron chi connectivity index (χ4n) is 1.75. The number of halogens is 1. The number of esters is 1. The molecule has 0 N–H and O–H groups in total. The molecule has 1 aromatic rings. The van der Waals surface area contributed by atoms with E-state index < -0.39 is 0 Å². The van der Waals surface area contributed by atoms with Gasteiger partial charge in [-0.25, -0.2) is 9.13 Å². The highest BCUT2D eigenvalue weighted by molar-refractivity contribution is 5.69.